The number of halogens is 3. The molecule has 8 heteroatoms. The molecule has 0 spiro atoms. The predicted molar refractivity (Wildman–Crippen MR) is 63.9 cm³/mol. The molecule has 1 aromatic heterocycles. The average molecular weight is 288 g/mol. The van der Waals surface area contributed by atoms with Crippen molar-refractivity contribution in [2.24, 2.45) is 0 Å². The van der Waals surface area contributed by atoms with Gasteiger partial charge in [-0.3, -0.25) is 9.78 Å². The smallest absolute Gasteiger partial charge is 0.390 e. The van der Waals surface area contributed by atoms with Crippen molar-refractivity contribution in [1.29, 1.82) is 0 Å². The summed E-state index contributed by atoms with van der Waals surface area (Å²) >= 11 is 0. The molecule has 1 heterocycles. The number of carbonyl (C=O) groups is 2. The fourth-order valence-corrected chi connectivity index (χ4v) is 1.30. The molecular weight excluding hydrogens is 277 g/mol. The molecule has 0 aromatic carbocycles. The zero-order chi connectivity index (χ0) is 15.2. The fraction of sp³-hybridized carbons (Fsp3) is 0.250. The van der Waals surface area contributed by atoms with Crippen LogP contribution in [-0.4, -0.2) is 34.7 Å². The number of nitrogens with one attached hydrogen (secondary N) is 1. The normalized spacial score (nSPS) is 11.6. The molecule has 0 aliphatic heterocycles. The van der Waals surface area contributed by atoms with E-state index in [9.17, 15) is 22.8 Å². The molecule has 0 saturated carbocycles. The number of aromatic nitrogens is 1. The summed E-state index contributed by atoms with van der Waals surface area (Å²) in [4.78, 5) is 25.8. The molecule has 5 nitrogen and oxygen atoms in total. The van der Waals surface area contributed by atoms with Gasteiger partial charge in [0.05, 0.1) is 6.42 Å². The van der Waals surface area contributed by atoms with Gasteiger partial charge in [-0.2, -0.15) is 13.2 Å². The largest absolute Gasteiger partial charge is 0.478 e. The predicted octanol–water partition coefficient (Wildman–Crippen LogP) is 1.86. The van der Waals surface area contributed by atoms with Crippen LogP contribution in [0, 0.1) is 0 Å². The van der Waals surface area contributed by atoms with Crippen LogP contribution >= 0.6 is 0 Å². The van der Waals surface area contributed by atoms with Crippen LogP contribution in [0.15, 0.2) is 24.4 Å². The fourth-order valence-electron chi connectivity index (χ4n) is 1.30. The number of carboxylic acids is 1. The second-order valence-electron chi connectivity index (χ2n) is 3.73. The molecule has 0 radical (unpaired) electrons. The van der Waals surface area contributed by atoms with Gasteiger partial charge in [0.15, 0.2) is 0 Å². The van der Waals surface area contributed by atoms with E-state index in [0.717, 1.165) is 12.2 Å². The van der Waals surface area contributed by atoms with E-state index in [1.54, 1.807) is 0 Å². The number of alkyl halides is 3. The molecule has 2 N–H and O–H groups in total. The Morgan fingerprint density at radius 3 is 2.70 bits per heavy atom. The molecule has 0 saturated heterocycles. The van der Waals surface area contributed by atoms with Crippen LogP contribution in [0.5, 0.6) is 0 Å². The van der Waals surface area contributed by atoms with Gasteiger partial charge in [-0.05, 0) is 12.1 Å². The second-order valence-corrected chi connectivity index (χ2v) is 3.73. The van der Waals surface area contributed by atoms with Crippen LogP contribution in [0.2, 0.25) is 0 Å². The van der Waals surface area contributed by atoms with E-state index in [1.165, 1.54) is 18.3 Å². The second kappa shape index (κ2) is 6.69. The van der Waals surface area contributed by atoms with Crippen molar-refractivity contribution in [1.82, 2.24) is 10.3 Å². The monoisotopic (exact) mass is 288 g/mol. The first-order valence-corrected chi connectivity index (χ1v) is 5.50. The molecular formula is C12H11F3N2O3. The van der Waals surface area contributed by atoms with Crippen molar-refractivity contribution in [3.8, 4) is 0 Å². The van der Waals surface area contributed by atoms with Crippen LogP contribution in [0.1, 0.15) is 22.5 Å². The highest BCUT2D eigenvalue weighted by Crippen LogP contribution is 2.18. The maximum atomic E-state index is 12.0. The van der Waals surface area contributed by atoms with Crippen molar-refractivity contribution in [2.75, 3.05) is 6.54 Å². The summed E-state index contributed by atoms with van der Waals surface area (Å²) in [5.41, 5.74) is 0.0755. The van der Waals surface area contributed by atoms with Crippen molar-refractivity contribution < 1.29 is 27.9 Å². The van der Waals surface area contributed by atoms with Crippen molar-refractivity contribution in [3.05, 3.63) is 35.7 Å². The Hall–Kier alpha value is -2.38. The topological polar surface area (TPSA) is 79.3 Å². The Balaban J connectivity index is 2.75. The van der Waals surface area contributed by atoms with Crippen molar-refractivity contribution >= 4 is 18.0 Å². The molecule has 0 aliphatic carbocycles. The zero-order valence-electron chi connectivity index (χ0n) is 10.1. The number of hydrogen-bond donors (Lipinski definition) is 2. The number of aliphatic carboxylic acids is 1. The number of carboxylic acid groups (broad SMARTS) is 1. The highest BCUT2D eigenvalue weighted by molar-refractivity contribution is 5.97. The summed E-state index contributed by atoms with van der Waals surface area (Å²) in [6, 6.07) is 2.92. The third kappa shape index (κ3) is 5.51. The number of carbonyl (C=O) groups excluding carboxylic acids is 1. The van der Waals surface area contributed by atoms with Crippen LogP contribution in [-0.2, 0) is 4.79 Å². The van der Waals surface area contributed by atoms with E-state index >= 15 is 0 Å². The maximum absolute atomic E-state index is 12.0. The minimum absolute atomic E-state index is 0.132. The van der Waals surface area contributed by atoms with Crippen LogP contribution < -0.4 is 5.32 Å². The molecule has 0 bridgehead atoms. The maximum Gasteiger partial charge on any atom is 0.390 e. The van der Waals surface area contributed by atoms with Gasteiger partial charge in [0, 0.05) is 24.4 Å². The summed E-state index contributed by atoms with van der Waals surface area (Å²) in [6.45, 7) is -0.568. The Morgan fingerprint density at radius 1 is 1.40 bits per heavy atom. The molecule has 108 valence electrons. The quantitative estimate of drug-likeness (QED) is 0.811. The van der Waals surface area contributed by atoms with Gasteiger partial charge in [-0.15, -0.1) is 0 Å². The lowest BCUT2D eigenvalue weighted by Crippen LogP contribution is -2.29. The minimum Gasteiger partial charge on any atom is -0.478 e. The number of pyridine rings is 1. The molecule has 1 amide bonds. The highest BCUT2D eigenvalue weighted by Gasteiger charge is 2.26. The highest BCUT2D eigenvalue weighted by atomic mass is 19.4. The lowest BCUT2D eigenvalue weighted by atomic mass is 10.1. The summed E-state index contributed by atoms with van der Waals surface area (Å²) in [5.74, 6) is -2.00. The van der Waals surface area contributed by atoms with Crippen molar-refractivity contribution in [3.63, 3.8) is 0 Å². The molecule has 20 heavy (non-hydrogen) atoms. The molecule has 1 rings (SSSR count). The molecule has 0 atom stereocenters. The summed E-state index contributed by atoms with van der Waals surface area (Å²) < 4.78 is 35.9. The SMILES string of the molecule is O=C(O)/C=C/c1cccnc1C(=O)NCCC(F)(F)F. The van der Waals surface area contributed by atoms with Crippen LogP contribution in [0.25, 0.3) is 6.08 Å². The average Bonchev–Trinajstić information content (AvgIpc) is 2.35. The first-order chi connectivity index (χ1) is 9.29. The summed E-state index contributed by atoms with van der Waals surface area (Å²) in [5, 5.41) is 10.6. The first kappa shape index (κ1) is 15.7. The lowest BCUT2D eigenvalue weighted by molar-refractivity contribution is -0.133. The van der Waals surface area contributed by atoms with Gasteiger partial charge in [0.2, 0.25) is 0 Å². The van der Waals surface area contributed by atoms with Crippen LogP contribution in [0.4, 0.5) is 13.2 Å². The summed E-state index contributed by atoms with van der Waals surface area (Å²) in [6.07, 6.45) is -2.26. The Labute approximate surface area is 112 Å². The first-order valence-electron chi connectivity index (χ1n) is 5.50. The van der Waals surface area contributed by atoms with E-state index in [1.807, 2.05) is 0 Å². The number of amides is 1. The molecule has 1 aromatic rings. The van der Waals surface area contributed by atoms with Gasteiger partial charge >= 0.3 is 12.1 Å². The lowest BCUT2D eigenvalue weighted by Gasteiger charge is -2.08. The van der Waals surface area contributed by atoms with E-state index in [4.69, 9.17) is 5.11 Å². The van der Waals surface area contributed by atoms with E-state index in [-0.39, 0.29) is 11.3 Å². The third-order valence-corrected chi connectivity index (χ3v) is 2.15. The number of nitrogens with zero attached hydrogens (tertiary/aromatic N) is 1. The molecule has 0 fully saturated rings. The van der Waals surface area contributed by atoms with E-state index < -0.39 is 31.0 Å². The Bertz CT molecular complexity index is 527. The molecule has 0 unspecified atom stereocenters. The standard InChI is InChI=1S/C12H11F3N2O3/c13-12(14,15)5-7-17-11(20)10-8(2-1-6-16-10)3-4-9(18)19/h1-4,6H,5,7H2,(H,17,20)(H,18,19)/b4-3+. The number of hydrogen-bond acceptors (Lipinski definition) is 3. The third-order valence-electron chi connectivity index (χ3n) is 2.15. The van der Waals surface area contributed by atoms with Gasteiger partial charge < -0.3 is 10.4 Å². The van der Waals surface area contributed by atoms with Crippen molar-refractivity contribution in [2.45, 2.75) is 12.6 Å². The van der Waals surface area contributed by atoms with Crippen LogP contribution in [0.3, 0.4) is 0 Å². The van der Waals surface area contributed by atoms with Gasteiger partial charge in [0.25, 0.3) is 5.91 Å². The number of rotatable bonds is 5. The Kier molecular flexibility index (Phi) is 5.24. The minimum atomic E-state index is -4.36. The van der Waals surface area contributed by atoms with Gasteiger partial charge in [-0.25, -0.2) is 4.79 Å². The van der Waals surface area contributed by atoms with E-state index in [2.05, 4.69) is 10.3 Å². The Morgan fingerprint density at radius 2 is 2.10 bits per heavy atom. The zero-order valence-corrected chi connectivity index (χ0v) is 10.1. The van der Waals surface area contributed by atoms with Gasteiger partial charge in [-0.1, -0.05) is 6.07 Å². The molecule has 0 aliphatic rings. The summed E-state index contributed by atoms with van der Waals surface area (Å²) in [7, 11) is 0. The van der Waals surface area contributed by atoms with E-state index in [0.29, 0.717) is 0 Å². The van der Waals surface area contributed by atoms with Gasteiger partial charge in [0.1, 0.15) is 5.69 Å².